The van der Waals surface area contributed by atoms with Gasteiger partial charge in [-0.15, -0.1) is 0 Å². The summed E-state index contributed by atoms with van der Waals surface area (Å²) in [5, 5.41) is 1.53. The van der Waals surface area contributed by atoms with Gasteiger partial charge in [-0.05, 0) is 49.2 Å². The van der Waals surface area contributed by atoms with E-state index in [4.69, 9.17) is 23.2 Å². The van der Waals surface area contributed by atoms with E-state index in [1.54, 1.807) is 18.3 Å². The van der Waals surface area contributed by atoms with Crippen molar-refractivity contribution in [3.63, 3.8) is 0 Å². The number of halogens is 2. The lowest BCUT2D eigenvalue weighted by atomic mass is 9.97. The van der Waals surface area contributed by atoms with E-state index in [9.17, 15) is 4.79 Å². The molecule has 0 fully saturated rings. The molecule has 0 amide bonds. The van der Waals surface area contributed by atoms with Crippen LogP contribution in [0.2, 0.25) is 10.2 Å². The van der Waals surface area contributed by atoms with Crippen LogP contribution in [0.15, 0.2) is 60.8 Å². The minimum Gasteiger partial charge on any atom is -0.289 e. The maximum absolute atomic E-state index is 13.0. The largest absolute Gasteiger partial charge is 0.289 e. The molecule has 3 nitrogen and oxygen atoms in total. The van der Waals surface area contributed by atoms with E-state index < -0.39 is 0 Å². The highest BCUT2D eigenvalue weighted by atomic mass is 35.5. The van der Waals surface area contributed by atoms with Crippen LogP contribution in [0.4, 0.5) is 0 Å². The molecule has 138 valence electrons. The van der Waals surface area contributed by atoms with Crippen molar-refractivity contribution in [3.8, 4) is 11.1 Å². The number of rotatable bonds is 3. The highest BCUT2D eigenvalue weighted by Crippen LogP contribution is 2.39. The topological polar surface area (TPSA) is 42.9 Å². The van der Waals surface area contributed by atoms with Crippen LogP contribution in [0.25, 0.3) is 22.0 Å². The highest BCUT2D eigenvalue weighted by molar-refractivity contribution is 6.42. The van der Waals surface area contributed by atoms with Gasteiger partial charge in [0.05, 0.1) is 10.5 Å². The van der Waals surface area contributed by atoms with Gasteiger partial charge in [0.25, 0.3) is 0 Å². The van der Waals surface area contributed by atoms with Gasteiger partial charge in [0, 0.05) is 34.0 Å². The molecule has 0 aliphatic rings. The number of hydrogen-bond donors (Lipinski definition) is 0. The lowest BCUT2D eigenvalue weighted by Gasteiger charge is -2.13. The summed E-state index contributed by atoms with van der Waals surface area (Å²) in [6.07, 6.45) is 1.59. The monoisotopic (exact) mass is 406 g/mol. The third-order valence-corrected chi connectivity index (χ3v) is 5.34. The van der Waals surface area contributed by atoms with Crippen LogP contribution < -0.4 is 0 Å². The van der Waals surface area contributed by atoms with Crippen LogP contribution >= 0.6 is 23.2 Å². The smallest absolute Gasteiger partial charge is 0.194 e. The molecular weight excluding hydrogens is 391 g/mol. The van der Waals surface area contributed by atoms with Gasteiger partial charge in [-0.1, -0.05) is 53.5 Å². The van der Waals surface area contributed by atoms with E-state index in [0.717, 1.165) is 16.8 Å². The van der Waals surface area contributed by atoms with Gasteiger partial charge in [-0.3, -0.25) is 9.78 Å². The Balaban J connectivity index is 1.92. The molecule has 5 heteroatoms. The fourth-order valence-electron chi connectivity index (χ4n) is 3.23. The van der Waals surface area contributed by atoms with E-state index in [1.165, 1.54) is 0 Å². The lowest BCUT2D eigenvalue weighted by Crippen LogP contribution is -2.04. The zero-order valence-electron chi connectivity index (χ0n) is 15.3. The van der Waals surface area contributed by atoms with Crippen molar-refractivity contribution in [2.45, 2.75) is 13.8 Å². The fourth-order valence-corrected chi connectivity index (χ4v) is 3.90. The molecule has 0 saturated carbocycles. The molecule has 2 aromatic carbocycles. The van der Waals surface area contributed by atoms with E-state index in [-0.39, 0.29) is 5.78 Å². The van der Waals surface area contributed by atoms with Gasteiger partial charge in [-0.25, -0.2) is 4.98 Å². The van der Waals surface area contributed by atoms with E-state index in [2.05, 4.69) is 9.97 Å². The molecule has 2 aromatic heterocycles. The van der Waals surface area contributed by atoms with Crippen molar-refractivity contribution in [2.75, 3.05) is 0 Å². The first-order valence-electron chi connectivity index (χ1n) is 8.78. The molecule has 0 radical (unpaired) electrons. The van der Waals surface area contributed by atoms with Crippen LogP contribution in [0, 0.1) is 13.8 Å². The molecule has 0 N–H and O–H groups in total. The normalized spacial score (nSPS) is 11.0. The summed E-state index contributed by atoms with van der Waals surface area (Å²) in [6, 6.07) is 16.8. The molecule has 0 unspecified atom stereocenters. The standard InChI is InChI=1S/C23H16Cl2N2O/c1-13-10-17(22(28)16-9-8-14(2)26-12-16)11-18-20(24)19(23(25)27-21(13)18)15-6-4-3-5-7-15/h3-12H,1-2H3. The maximum atomic E-state index is 13.0. The van der Waals surface area contributed by atoms with Gasteiger partial charge in [0.1, 0.15) is 5.15 Å². The Morgan fingerprint density at radius 2 is 1.68 bits per heavy atom. The number of aromatic nitrogens is 2. The highest BCUT2D eigenvalue weighted by Gasteiger charge is 2.18. The number of hydrogen-bond acceptors (Lipinski definition) is 3. The van der Waals surface area contributed by atoms with Gasteiger partial charge < -0.3 is 0 Å². The molecule has 0 atom stereocenters. The van der Waals surface area contributed by atoms with Crippen molar-refractivity contribution in [2.24, 2.45) is 0 Å². The Morgan fingerprint density at radius 3 is 2.36 bits per heavy atom. The molecule has 2 heterocycles. The summed E-state index contributed by atoms with van der Waals surface area (Å²) < 4.78 is 0. The first kappa shape index (κ1) is 18.6. The van der Waals surface area contributed by atoms with Crippen molar-refractivity contribution in [3.05, 3.63) is 93.4 Å². The number of nitrogens with zero attached hydrogens (tertiary/aromatic N) is 2. The van der Waals surface area contributed by atoms with Crippen LogP contribution in [-0.2, 0) is 0 Å². The Hall–Kier alpha value is -2.75. The quantitative estimate of drug-likeness (QED) is 0.290. The number of fused-ring (bicyclic) bond motifs is 1. The van der Waals surface area contributed by atoms with Gasteiger partial charge in [0.15, 0.2) is 5.78 Å². The maximum Gasteiger partial charge on any atom is 0.194 e. The number of ketones is 1. The number of pyridine rings is 2. The second-order valence-electron chi connectivity index (χ2n) is 6.66. The molecule has 0 aliphatic heterocycles. The van der Waals surface area contributed by atoms with Crippen LogP contribution in [-0.4, -0.2) is 15.8 Å². The number of carbonyl (C=O) groups is 1. The molecular formula is C23H16Cl2N2O. The molecule has 4 rings (SSSR count). The molecule has 0 bridgehead atoms. The second-order valence-corrected chi connectivity index (χ2v) is 7.40. The minimum atomic E-state index is -0.107. The predicted molar refractivity (Wildman–Crippen MR) is 114 cm³/mol. The Morgan fingerprint density at radius 1 is 0.929 bits per heavy atom. The van der Waals surface area contributed by atoms with Gasteiger partial charge >= 0.3 is 0 Å². The van der Waals surface area contributed by atoms with Crippen molar-refractivity contribution < 1.29 is 4.79 Å². The van der Waals surface area contributed by atoms with Crippen molar-refractivity contribution in [1.82, 2.24) is 9.97 Å². The fraction of sp³-hybridized carbons (Fsp3) is 0.0870. The first-order valence-corrected chi connectivity index (χ1v) is 9.53. The minimum absolute atomic E-state index is 0.107. The average Bonchev–Trinajstić information content (AvgIpc) is 2.69. The summed E-state index contributed by atoms with van der Waals surface area (Å²) in [5.74, 6) is -0.107. The summed E-state index contributed by atoms with van der Waals surface area (Å²) in [5.41, 5.74) is 5.01. The van der Waals surface area contributed by atoms with Crippen LogP contribution in [0.5, 0.6) is 0 Å². The summed E-state index contributed by atoms with van der Waals surface area (Å²) >= 11 is 13.2. The summed E-state index contributed by atoms with van der Waals surface area (Å²) in [4.78, 5) is 21.7. The lowest BCUT2D eigenvalue weighted by molar-refractivity contribution is 0.103. The average molecular weight is 407 g/mol. The molecule has 28 heavy (non-hydrogen) atoms. The van der Waals surface area contributed by atoms with E-state index >= 15 is 0 Å². The zero-order chi connectivity index (χ0) is 19.8. The van der Waals surface area contributed by atoms with Crippen LogP contribution in [0.3, 0.4) is 0 Å². The number of carbonyl (C=O) groups excluding carboxylic acids is 1. The summed E-state index contributed by atoms with van der Waals surface area (Å²) in [6.45, 7) is 3.78. The van der Waals surface area contributed by atoms with Crippen LogP contribution in [0.1, 0.15) is 27.2 Å². The van der Waals surface area contributed by atoms with Crippen molar-refractivity contribution >= 4 is 39.9 Å². The second kappa shape index (κ2) is 7.34. The zero-order valence-corrected chi connectivity index (χ0v) is 16.8. The third-order valence-electron chi connectivity index (χ3n) is 4.67. The number of benzene rings is 2. The first-order chi connectivity index (χ1) is 13.5. The SMILES string of the molecule is Cc1ccc(C(=O)c2cc(C)c3nc(Cl)c(-c4ccccc4)c(Cl)c3c2)cn1. The molecule has 4 aromatic rings. The molecule has 0 spiro atoms. The molecule has 0 aliphatic carbocycles. The van der Waals surface area contributed by atoms with Crippen molar-refractivity contribution in [1.29, 1.82) is 0 Å². The third kappa shape index (κ3) is 3.28. The Labute approximate surface area is 173 Å². The molecule has 0 saturated heterocycles. The Bertz CT molecular complexity index is 1200. The predicted octanol–water partition coefficient (Wildman–Crippen LogP) is 6.45. The Kier molecular flexibility index (Phi) is 4.88. The summed E-state index contributed by atoms with van der Waals surface area (Å²) in [7, 11) is 0. The van der Waals surface area contributed by atoms with Gasteiger partial charge in [-0.2, -0.15) is 0 Å². The van der Waals surface area contributed by atoms with E-state index in [0.29, 0.717) is 37.8 Å². The van der Waals surface area contributed by atoms with E-state index in [1.807, 2.05) is 56.3 Å². The van der Waals surface area contributed by atoms with Gasteiger partial charge in [0.2, 0.25) is 0 Å². The number of aryl methyl sites for hydroxylation is 2.